The Labute approximate surface area is 184 Å². The van der Waals surface area contributed by atoms with Gasteiger partial charge in [0.25, 0.3) is 0 Å². The Morgan fingerprint density at radius 1 is 0.414 bits per heavy atom. The maximum absolute atomic E-state index is 4.07. The predicted molar refractivity (Wildman–Crippen MR) is 112 cm³/mol. The van der Waals surface area contributed by atoms with Gasteiger partial charge in [0.1, 0.15) is 0 Å². The molecule has 0 aliphatic rings. The summed E-state index contributed by atoms with van der Waals surface area (Å²) in [4.78, 5) is 0. The average molecular weight is 469 g/mol. The van der Waals surface area contributed by atoms with Crippen LogP contribution in [0, 0.1) is 12.1 Å². The van der Waals surface area contributed by atoms with E-state index in [0.717, 1.165) is 22.7 Å². The summed E-state index contributed by atoms with van der Waals surface area (Å²) in [6, 6.07) is 40.2. The quantitative estimate of drug-likeness (QED) is 0.167. The van der Waals surface area contributed by atoms with Gasteiger partial charge >= 0.3 is 20.4 Å². The SMILES string of the molecule is [Pd+2].[c-]1ccccc1N=Nc1ccccc1.[c-]1ccccc1N=Nc1ccccc1. The molecule has 0 heterocycles. The minimum atomic E-state index is 0. The van der Waals surface area contributed by atoms with Crippen LogP contribution in [0.2, 0.25) is 0 Å². The molecule has 0 saturated heterocycles. The molecule has 0 spiro atoms. The van der Waals surface area contributed by atoms with Crippen LogP contribution in [0.5, 0.6) is 0 Å². The molecule has 0 aliphatic heterocycles. The third-order valence-corrected chi connectivity index (χ3v) is 3.44. The van der Waals surface area contributed by atoms with E-state index in [1.54, 1.807) is 0 Å². The van der Waals surface area contributed by atoms with Crippen LogP contribution >= 0.6 is 0 Å². The van der Waals surface area contributed by atoms with Gasteiger partial charge < -0.3 is 0 Å². The van der Waals surface area contributed by atoms with Gasteiger partial charge in [-0.2, -0.15) is 69.0 Å². The zero-order valence-electron chi connectivity index (χ0n) is 15.5. The average Bonchev–Trinajstić information content (AvgIpc) is 2.80. The number of rotatable bonds is 4. The molecule has 0 saturated carbocycles. The smallest absolute Gasteiger partial charge is 0.178 e. The van der Waals surface area contributed by atoms with Gasteiger partial charge in [-0.1, -0.05) is 36.4 Å². The fourth-order valence-electron chi connectivity index (χ4n) is 2.10. The Kier molecular flexibility index (Phi) is 9.89. The summed E-state index contributed by atoms with van der Waals surface area (Å²) in [5, 5.41) is 16.2. The van der Waals surface area contributed by atoms with Crippen LogP contribution in [0.25, 0.3) is 0 Å². The zero-order chi connectivity index (χ0) is 19.3. The van der Waals surface area contributed by atoms with Crippen molar-refractivity contribution in [2.24, 2.45) is 20.5 Å². The Bertz CT molecular complexity index is 822. The van der Waals surface area contributed by atoms with E-state index in [1.165, 1.54) is 0 Å². The Balaban J connectivity index is 0.000000200. The van der Waals surface area contributed by atoms with Crippen LogP contribution in [-0.4, -0.2) is 0 Å². The van der Waals surface area contributed by atoms with Crippen molar-refractivity contribution in [2.75, 3.05) is 0 Å². The maximum atomic E-state index is 4.07. The van der Waals surface area contributed by atoms with Crippen molar-refractivity contribution in [3.63, 3.8) is 0 Å². The first-order valence-electron chi connectivity index (χ1n) is 8.77. The normalized spacial score (nSPS) is 10.2. The molecule has 4 aromatic rings. The second kappa shape index (κ2) is 13.0. The van der Waals surface area contributed by atoms with E-state index in [4.69, 9.17) is 0 Å². The fourth-order valence-corrected chi connectivity index (χ4v) is 2.10. The maximum Gasteiger partial charge on any atom is 2.00 e. The van der Waals surface area contributed by atoms with E-state index in [0.29, 0.717) is 0 Å². The summed E-state index contributed by atoms with van der Waals surface area (Å²) >= 11 is 0. The van der Waals surface area contributed by atoms with E-state index in [9.17, 15) is 0 Å². The zero-order valence-corrected chi connectivity index (χ0v) is 17.1. The van der Waals surface area contributed by atoms with Crippen LogP contribution in [0.1, 0.15) is 0 Å². The molecule has 0 N–H and O–H groups in total. The Morgan fingerprint density at radius 3 is 1.14 bits per heavy atom. The molecule has 5 heteroatoms. The van der Waals surface area contributed by atoms with Crippen molar-refractivity contribution in [3.8, 4) is 0 Å². The molecule has 144 valence electrons. The van der Waals surface area contributed by atoms with E-state index in [2.05, 4.69) is 32.6 Å². The van der Waals surface area contributed by atoms with E-state index in [1.807, 2.05) is 109 Å². The van der Waals surface area contributed by atoms with Gasteiger partial charge in [-0.25, -0.2) is 0 Å². The monoisotopic (exact) mass is 468 g/mol. The molecule has 0 radical (unpaired) electrons. The molecule has 4 nitrogen and oxygen atoms in total. The molecular formula is C24H18N4Pd. The molecule has 0 atom stereocenters. The van der Waals surface area contributed by atoms with Gasteiger partial charge in [0, 0.05) is 0 Å². The Hall–Kier alpha value is -3.26. The van der Waals surface area contributed by atoms with E-state index < -0.39 is 0 Å². The van der Waals surface area contributed by atoms with Crippen molar-refractivity contribution in [1.82, 2.24) is 0 Å². The van der Waals surface area contributed by atoms with Gasteiger partial charge in [-0.3, -0.25) is 0 Å². The molecule has 29 heavy (non-hydrogen) atoms. The number of hydrogen-bond acceptors (Lipinski definition) is 4. The first kappa shape index (κ1) is 22.0. The number of azo groups is 2. The van der Waals surface area contributed by atoms with Gasteiger partial charge in [0.15, 0.2) is 0 Å². The van der Waals surface area contributed by atoms with Crippen LogP contribution in [0.4, 0.5) is 22.7 Å². The number of hydrogen-bond donors (Lipinski definition) is 0. The molecule has 0 aromatic heterocycles. The number of benzene rings is 4. The molecule has 4 rings (SSSR count). The van der Waals surface area contributed by atoms with Gasteiger partial charge in [-0.15, -0.1) is 12.1 Å². The number of nitrogens with zero attached hydrogens (tertiary/aromatic N) is 4. The largest absolute Gasteiger partial charge is 2.00 e. The van der Waals surface area contributed by atoms with Crippen LogP contribution in [0.3, 0.4) is 0 Å². The van der Waals surface area contributed by atoms with E-state index in [-0.39, 0.29) is 20.4 Å². The van der Waals surface area contributed by atoms with Crippen LogP contribution in [-0.2, 0) is 20.4 Å². The molecule has 0 unspecified atom stereocenters. The molecule has 4 aromatic carbocycles. The second-order valence-corrected chi connectivity index (χ2v) is 5.57. The third kappa shape index (κ3) is 8.53. The summed E-state index contributed by atoms with van der Waals surface area (Å²) in [6.45, 7) is 0. The fraction of sp³-hybridized carbons (Fsp3) is 0. The minimum Gasteiger partial charge on any atom is -0.178 e. The van der Waals surface area contributed by atoms with E-state index >= 15 is 0 Å². The van der Waals surface area contributed by atoms with Crippen molar-refractivity contribution in [2.45, 2.75) is 0 Å². The minimum absolute atomic E-state index is 0. The second-order valence-electron chi connectivity index (χ2n) is 5.57. The van der Waals surface area contributed by atoms with Crippen LogP contribution in [0.15, 0.2) is 130 Å². The predicted octanol–water partition coefficient (Wildman–Crippen LogP) is 7.80. The van der Waals surface area contributed by atoms with Crippen LogP contribution < -0.4 is 0 Å². The van der Waals surface area contributed by atoms with Crippen molar-refractivity contribution >= 4 is 22.7 Å². The van der Waals surface area contributed by atoms with Crippen molar-refractivity contribution in [1.29, 1.82) is 0 Å². The summed E-state index contributed by atoms with van der Waals surface area (Å²) in [6.07, 6.45) is 0. The van der Waals surface area contributed by atoms with Gasteiger partial charge in [0.2, 0.25) is 0 Å². The van der Waals surface area contributed by atoms with Crippen molar-refractivity contribution in [3.05, 3.63) is 121 Å². The summed E-state index contributed by atoms with van der Waals surface area (Å²) in [7, 11) is 0. The summed E-state index contributed by atoms with van der Waals surface area (Å²) in [5.41, 5.74) is 3.20. The topological polar surface area (TPSA) is 49.4 Å². The van der Waals surface area contributed by atoms with Gasteiger partial charge in [-0.05, 0) is 35.6 Å². The van der Waals surface area contributed by atoms with Crippen molar-refractivity contribution < 1.29 is 20.4 Å². The van der Waals surface area contributed by atoms with Gasteiger partial charge in [0.05, 0.1) is 11.4 Å². The molecule has 0 amide bonds. The summed E-state index contributed by atoms with van der Waals surface area (Å²) in [5.74, 6) is 0. The first-order chi connectivity index (χ1) is 13.9. The third-order valence-electron chi connectivity index (χ3n) is 3.44. The Morgan fingerprint density at radius 2 is 0.793 bits per heavy atom. The molecule has 0 bridgehead atoms. The summed E-state index contributed by atoms with van der Waals surface area (Å²) < 4.78 is 0. The molecule has 0 fully saturated rings. The molecular weight excluding hydrogens is 451 g/mol. The standard InChI is InChI=1S/2C12H9N2.Pd/c2*1-3-7-11(8-4-1)13-14-12-9-5-2-6-10-12;/h2*1-9H;/q2*-1;+2. The molecule has 0 aliphatic carbocycles. The first-order valence-corrected chi connectivity index (χ1v) is 8.77.